The molecule has 3 aromatic carbocycles. The van der Waals surface area contributed by atoms with Crippen molar-refractivity contribution >= 4 is 61.6 Å². The monoisotopic (exact) mass is 805 g/mol. The van der Waals surface area contributed by atoms with E-state index in [2.05, 4.69) is 49.3 Å². The van der Waals surface area contributed by atoms with E-state index in [1.165, 1.54) is 0 Å². The first kappa shape index (κ1) is 37.1. The van der Waals surface area contributed by atoms with Crippen LogP contribution in [0.3, 0.4) is 0 Å². The second-order valence-corrected chi connectivity index (χ2v) is 20.0. The number of aryl methyl sites for hydroxylation is 1. The minimum Gasteiger partial charge on any atom is -0.456 e. The number of Topliss-reactive ketones (excluding diaryl/α,β-unsaturated/α-hetero) is 1. The van der Waals surface area contributed by atoms with Gasteiger partial charge in [0.1, 0.15) is 40.9 Å². The molecule has 0 saturated heterocycles. The van der Waals surface area contributed by atoms with Crippen LogP contribution in [0.15, 0.2) is 57.6 Å². The van der Waals surface area contributed by atoms with Crippen LogP contribution in [-0.2, 0) is 26.0 Å². The average Bonchev–Trinajstić information content (AvgIpc) is 3.76. The van der Waals surface area contributed by atoms with Gasteiger partial charge in [0, 0.05) is 86.3 Å². The number of ketones is 1. The van der Waals surface area contributed by atoms with Crippen LogP contribution in [0.1, 0.15) is 68.7 Å². The van der Waals surface area contributed by atoms with Crippen molar-refractivity contribution in [1.82, 2.24) is 4.58 Å². The van der Waals surface area contributed by atoms with Crippen molar-refractivity contribution in [2.24, 2.45) is 5.92 Å². The van der Waals surface area contributed by atoms with Gasteiger partial charge in [-0.25, -0.2) is 13.4 Å². The van der Waals surface area contributed by atoms with Gasteiger partial charge in [0.2, 0.25) is 5.36 Å². The molecule has 8 rings (SSSR count). The summed E-state index contributed by atoms with van der Waals surface area (Å²) in [6, 6.07) is 12.4. The first-order valence-electron chi connectivity index (χ1n) is 17.5. The largest absolute Gasteiger partial charge is 0.456 e. The number of rotatable bonds is 6. The maximum atomic E-state index is 17.4. The third kappa shape index (κ3) is 5.36. The summed E-state index contributed by atoms with van der Waals surface area (Å²) >= 11 is 3.98. The molecule has 0 amide bonds. The number of thiophene rings is 2. The summed E-state index contributed by atoms with van der Waals surface area (Å²) in [5.74, 6) is -2.43. The summed E-state index contributed by atoms with van der Waals surface area (Å²) in [5.41, 5.74) is 3.70. The predicted molar refractivity (Wildman–Crippen MR) is 214 cm³/mol. The first-order chi connectivity index (χ1) is 25.2. The van der Waals surface area contributed by atoms with Crippen LogP contribution in [-0.4, -0.2) is 38.6 Å². The van der Waals surface area contributed by atoms with Crippen molar-refractivity contribution in [2.45, 2.75) is 69.3 Å². The third-order valence-electron chi connectivity index (χ3n) is 11.3. The zero-order valence-electron chi connectivity index (χ0n) is 31.3. The molecule has 280 valence electrons. The van der Waals surface area contributed by atoms with Crippen LogP contribution in [0.5, 0.6) is 11.5 Å². The predicted octanol–water partition coefficient (Wildman–Crippen LogP) is 8.70. The van der Waals surface area contributed by atoms with Gasteiger partial charge in [-0.2, -0.15) is 8.42 Å². The Labute approximate surface area is 325 Å². The van der Waals surface area contributed by atoms with E-state index in [1.54, 1.807) is 36.5 Å². The molecule has 0 spiro atoms. The molecule has 1 N–H and O–H groups in total. The second kappa shape index (κ2) is 12.3. The summed E-state index contributed by atoms with van der Waals surface area (Å²) in [7, 11) is -1.34. The number of nitrogens with zero attached hydrogens (tertiary/aromatic N) is 2. The van der Waals surface area contributed by atoms with Gasteiger partial charge in [0.25, 0.3) is 10.1 Å². The van der Waals surface area contributed by atoms with Crippen LogP contribution in [0.25, 0.3) is 26.5 Å². The normalized spacial score (nSPS) is 16.3. The summed E-state index contributed by atoms with van der Waals surface area (Å²) in [6.45, 7) is 14.0. The molecule has 54 heavy (non-hydrogen) atoms. The number of fused-ring (bicyclic) bond motifs is 8. The lowest BCUT2D eigenvalue weighted by atomic mass is 9.83. The van der Waals surface area contributed by atoms with Gasteiger partial charge in [0.15, 0.2) is 5.54 Å². The Balaban J connectivity index is 1.54. The van der Waals surface area contributed by atoms with E-state index in [4.69, 9.17) is 4.74 Å². The molecule has 0 bridgehead atoms. The lowest BCUT2D eigenvalue weighted by Crippen LogP contribution is -2.46. The highest BCUT2D eigenvalue weighted by atomic mass is 32.2. The maximum Gasteiger partial charge on any atom is 0.298 e. The fourth-order valence-corrected chi connectivity index (χ4v) is 11.8. The molecule has 5 heterocycles. The highest BCUT2D eigenvalue weighted by Crippen LogP contribution is 2.54. The maximum absolute atomic E-state index is 17.4. The molecule has 0 aliphatic carbocycles. The number of ether oxygens (including phenoxy) is 1. The van der Waals surface area contributed by atoms with E-state index < -0.39 is 37.8 Å². The summed E-state index contributed by atoms with van der Waals surface area (Å²) < 4.78 is 79.6. The Kier molecular flexibility index (Phi) is 8.45. The first-order valence-corrected chi connectivity index (χ1v) is 21.6. The molecule has 3 aliphatic heterocycles. The van der Waals surface area contributed by atoms with Crippen molar-refractivity contribution in [2.75, 3.05) is 24.7 Å². The molecule has 7 nitrogen and oxygen atoms in total. The van der Waals surface area contributed by atoms with Gasteiger partial charge in [-0.15, -0.1) is 34.4 Å². The van der Waals surface area contributed by atoms with E-state index in [0.717, 1.165) is 65.8 Å². The molecule has 13 heteroatoms. The smallest absolute Gasteiger partial charge is 0.298 e. The van der Waals surface area contributed by atoms with Crippen LogP contribution in [0, 0.1) is 24.5 Å². The minimum atomic E-state index is -5.34. The number of carbonyl (C=O) groups excluding carboxylic acids is 1. The standard InChI is InChI=1S/C41H38F2N2O5S4/c1-19(2)30(46)18-52-33-15-27(42)39(54(47,48)49)35(36(33)43)34-23-13-21-28(44(8)40(4,5)25-10-11-51-37(21)25)16-31(23)50-32-17-29-22(14-24(32)34)38-26(12-20(3)53-38)41(6,7)45(29)9/h10-17,19H,18H2,1-9H3/p+1. The van der Waals surface area contributed by atoms with Gasteiger partial charge in [-0.1, -0.05) is 13.8 Å². The summed E-state index contributed by atoms with van der Waals surface area (Å²) in [5, 5.41) is 3.21. The number of benzene rings is 3. The molecule has 0 radical (unpaired) electrons. The Morgan fingerprint density at radius 1 is 1.00 bits per heavy atom. The van der Waals surface area contributed by atoms with Crippen LogP contribution < -0.4 is 24.8 Å². The number of halogens is 2. The van der Waals surface area contributed by atoms with Crippen LogP contribution >= 0.6 is 34.4 Å². The van der Waals surface area contributed by atoms with Gasteiger partial charge in [-0.05, 0) is 62.0 Å². The van der Waals surface area contributed by atoms with Crippen molar-refractivity contribution in [3.63, 3.8) is 0 Å². The van der Waals surface area contributed by atoms with Gasteiger partial charge in [-0.3, -0.25) is 9.35 Å². The SMILES string of the molecule is Cc1cc2c(s1)-c1cc3c(cc1=[N+](C)C2(C)C)Oc1cc2c(cc1C=3c1c(F)c(SCC(=O)C(C)C)cc(F)c1S(=O)(=O)O)-c1sccc1C(C)(C)N2C. The van der Waals surface area contributed by atoms with Crippen LogP contribution in [0.2, 0.25) is 0 Å². The quantitative estimate of drug-likeness (QED) is 0.102. The van der Waals surface area contributed by atoms with Crippen LogP contribution in [0.4, 0.5) is 14.5 Å². The number of hydrogen-bond acceptors (Lipinski definition) is 8. The van der Waals surface area contributed by atoms with E-state index in [9.17, 15) is 17.8 Å². The topological polar surface area (TPSA) is 86.9 Å². The third-order valence-corrected chi connectivity index (χ3v) is 15.3. The lowest BCUT2D eigenvalue weighted by Gasteiger charge is -2.43. The van der Waals surface area contributed by atoms with E-state index in [1.807, 2.05) is 50.7 Å². The zero-order chi connectivity index (χ0) is 39.0. The van der Waals surface area contributed by atoms with Crippen molar-refractivity contribution in [3.05, 3.63) is 97.2 Å². The number of anilines is 1. The zero-order valence-corrected chi connectivity index (χ0v) is 34.5. The molecule has 0 saturated carbocycles. The highest BCUT2D eigenvalue weighted by Gasteiger charge is 2.42. The molecule has 0 fully saturated rings. The Morgan fingerprint density at radius 3 is 2.41 bits per heavy atom. The van der Waals surface area contributed by atoms with Gasteiger partial charge >= 0.3 is 0 Å². The summed E-state index contributed by atoms with van der Waals surface area (Å²) in [6.07, 6.45) is 0. The Morgan fingerprint density at radius 2 is 1.72 bits per heavy atom. The van der Waals surface area contributed by atoms with Gasteiger partial charge < -0.3 is 9.64 Å². The molecule has 5 aromatic rings. The van der Waals surface area contributed by atoms with Gasteiger partial charge in [0.05, 0.1) is 27.8 Å². The molecular formula is C41H39F2N2O5S4+. The van der Waals surface area contributed by atoms with E-state index in [-0.39, 0.29) is 33.5 Å². The van der Waals surface area contributed by atoms with Crippen molar-refractivity contribution in [1.29, 1.82) is 0 Å². The van der Waals surface area contributed by atoms with Crippen molar-refractivity contribution in [3.8, 4) is 32.4 Å². The van der Waals surface area contributed by atoms with E-state index in [0.29, 0.717) is 22.3 Å². The van der Waals surface area contributed by atoms with Crippen molar-refractivity contribution < 1.29 is 31.3 Å². The Bertz CT molecular complexity index is 2750. The molecule has 3 aliphatic rings. The lowest BCUT2D eigenvalue weighted by molar-refractivity contribution is -0.119. The molecular weight excluding hydrogens is 767 g/mol. The number of thioether (sulfide) groups is 1. The highest BCUT2D eigenvalue weighted by molar-refractivity contribution is 8.00. The number of carbonyl (C=O) groups is 1. The molecule has 2 aromatic heterocycles. The minimum absolute atomic E-state index is 0.0615. The fraction of sp³-hybridized carbons (Fsp3) is 0.317. The van der Waals surface area contributed by atoms with E-state index >= 15 is 8.78 Å². The Hall–Kier alpha value is -3.88. The second-order valence-electron chi connectivity index (χ2n) is 15.5. The average molecular weight is 806 g/mol. The molecule has 0 unspecified atom stereocenters. The summed E-state index contributed by atoms with van der Waals surface area (Å²) in [4.78, 5) is 16.5. The number of hydrogen-bond donors (Lipinski definition) is 1. The fourth-order valence-electron chi connectivity index (χ4n) is 7.76. The molecule has 0 atom stereocenters.